The van der Waals surface area contributed by atoms with E-state index in [1.165, 1.54) is 11.1 Å². The van der Waals surface area contributed by atoms with Crippen molar-refractivity contribution in [1.82, 2.24) is 9.55 Å². The molecule has 0 amide bonds. The monoisotopic (exact) mass is 452 g/mol. The number of fused-ring (bicyclic) bond motifs is 2. The highest BCUT2D eigenvalue weighted by Crippen LogP contribution is 2.37. The Kier molecular flexibility index (Phi) is 4.98. The predicted molar refractivity (Wildman–Crippen MR) is 140 cm³/mol. The maximum absolute atomic E-state index is 6.47. The molecule has 0 radical (unpaired) electrons. The van der Waals surface area contributed by atoms with E-state index in [1.54, 1.807) is 0 Å². The number of aromatic nitrogens is 3. The summed E-state index contributed by atoms with van der Waals surface area (Å²) < 4.78 is 11.1. The number of rotatable bonds is 2. The molecule has 0 atom stereocenters. The highest BCUT2D eigenvalue weighted by atomic mass is 16.3. The second-order valence-corrected chi connectivity index (χ2v) is 11.4. The molecule has 0 unspecified atom stereocenters. The molecule has 0 aliphatic carbocycles. The molecule has 4 nitrogen and oxygen atoms in total. The van der Waals surface area contributed by atoms with E-state index in [-0.39, 0.29) is 10.8 Å². The highest BCUT2D eigenvalue weighted by molar-refractivity contribution is 5.92. The average molecular weight is 453 g/mol. The first-order chi connectivity index (χ1) is 16.0. The molecule has 0 aliphatic heterocycles. The molecule has 5 rings (SSSR count). The van der Waals surface area contributed by atoms with E-state index >= 15 is 0 Å². The van der Waals surface area contributed by atoms with Crippen LogP contribution in [0.4, 0.5) is 0 Å². The average Bonchev–Trinajstić information content (AvgIpc) is 3.33. The SMILES string of the molecule is Cc1ccc2nc(C(C)(C)C)oc2c1-c1n(-c2ccc(C(C)(C)C)cc2)c2ccccc2[n+]1C. The first-order valence-electron chi connectivity index (χ1n) is 12.0. The van der Waals surface area contributed by atoms with Crippen molar-refractivity contribution < 1.29 is 8.98 Å². The lowest BCUT2D eigenvalue weighted by Crippen LogP contribution is -2.30. The number of hydrogen-bond donors (Lipinski definition) is 0. The van der Waals surface area contributed by atoms with E-state index < -0.39 is 0 Å². The summed E-state index contributed by atoms with van der Waals surface area (Å²) in [4.78, 5) is 4.85. The summed E-state index contributed by atoms with van der Waals surface area (Å²) in [6.45, 7) is 15.3. The normalized spacial score (nSPS) is 12.7. The third-order valence-corrected chi connectivity index (χ3v) is 6.64. The molecule has 0 saturated heterocycles. The molecule has 174 valence electrons. The van der Waals surface area contributed by atoms with Crippen molar-refractivity contribution >= 4 is 22.1 Å². The number of oxazole rings is 1. The maximum atomic E-state index is 6.47. The van der Waals surface area contributed by atoms with E-state index in [0.717, 1.165) is 45.1 Å². The number of para-hydroxylation sites is 2. The summed E-state index contributed by atoms with van der Waals surface area (Å²) in [5.74, 6) is 1.85. The second-order valence-electron chi connectivity index (χ2n) is 11.4. The molecule has 0 N–H and O–H groups in total. The standard InChI is InChI=1S/C30H34N3O/c1-19-13-18-22-26(34-28(31-22)30(5,6)7)25(19)27-32(8)23-11-9-10-12-24(23)33(27)21-16-14-20(15-17-21)29(2,3)4/h9-18H,1-8H3/q+1. The van der Waals surface area contributed by atoms with Crippen LogP contribution >= 0.6 is 0 Å². The lowest BCUT2D eigenvalue weighted by Gasteiger charge is -2.18. The Morgan fingerprint density at radius 3 is 2.15 bits per heavy atom. The van der Waals surface area contributed by atoms with Crippen LogP contribution in [0.15, 0.2) is 65.1 Å². The lowest BCUT2D eigenvalue weighted by atomic mass is 9.87. The molecule has 3 aromatic carbocycles. The minimum atomic E-state index is -0.165. The van der Waals surface area contributed by atoms with Gasteiger partial charge in [0.25, 0.3) is 5.82 Å². The molecule has 0 spiro atoms. The van der Waals surface area contributed by atoms with Gasteiger partial charge in [0.05, 0.1) is 7.05 Å². The van der Waals surface area contributed by atoms with Gasteiger partial charge in [0.2, 0.25) is 5.89 Å². The molecule has 0 fully saturated rings. The topological polar surface area (TPSA) is 34.8 Å². The molecule has 2 aromatic heterocycles. The van der Waals surface area contributed by atoms with Crippen molar-refractivity contribution in [3.05, 3.63) is 77.7 Å². The van der Waals surface area contributed by atoms with Crippen LogP contribution in [-0.4, -0.2) is 9.55 Å². The largest absolute Gasteiger partial charge is 0.439 e. The Morgan fingerprint density at radius 2 is 1.50 bits per heavy atom. The molecule has 2 heterocycles. The summed E-state index contributed by atoms with van der Waals surface area (Å²) in [6.07, 6.45) is 0. The van der Waals surface area contributed by atoms with Gasteiger partial charge in [-0.3, -0.25) is 0 Å². The Labute approximate surface area is 201 Å². The molecule has 0 saturated carbocycles. The second kappa shape index (κ2) is 7.56. The van der Waals surface area contributed by atoms with Gasteiger partial charge < -0.3 is 4.42 Å². The van der Waals surface area contributed by atoms with Gasteiger partial charge in [-0.1, -0.05) is 71.9 Å². The summed E-state index contributed by atoms with van der Waals surface area (Å²) >= 11 is 0. The van der Waals surface area contributed by atoms with Crippen molar-refractivity contribution in [2.24, 2.45) is 7.05 Å². The Hall–Kier alpha value is -3.40. The van der Waals surface area contributed by atoms with Crippen LogP contribution < -0.4 is 4.57 Å². The Bertz CT molecular complexity index is 1520. The summed E-state index contributed by atoms with van der Waals surface area (Å²) in [7, 11) is 2.14. The number of imidazole rings is 1. The zero-order valence-electron chi connectivity index (χ0n) is 21.5. The molecule has 5 aromatic rings. The fourth-order valence-electron chi connectivity index (χ4n) is 4.66. The third kappa shape index (κ3) is 3.53. The van der Waals surface area contributed by atoms with Gasteiger partial charge in [-0.25, -0.2) is 9.55 Å². The Balaban J connectivity index is 1.86. The summed E-state index contributed by atoms with van der Waals surface area (Å²) in [5, 5.41) is 0. The van der Waals surface area contributed by atoms with E-state index in [0.29, 0.717) is 0 Å². The van der Waals surface area contributed by atoms with Crippen molar-refractivity contribution in [2.75, 3.05) is 0 Å². The predicted octanol–water partition coefficient (Wildman–Crippen LogP) is 7.17. The zero-order chi connectivity index (χ0) is 24.4. The van der Waals surface area contributed by atoms with Crippen molar-refractivity contribution in [3.63, 3.8) is 0 Å². The number of hydrogen-bond acceptors (Lipinski definition) is 2. The van der Waals surface area contributed by atoms with E-state index in [9.17, 15) is 0 Å². The minimum absolute atomic E-state index is 0.107. The quantitative estimate of drug-likeness (QED) is 0.266. The fourth-order valence-corrected chi connectivity index (χ4v) is 4.66. The van der Waals surface area contributed by atoms with E-state index in [1.807, 2.05) is 0 Å². The van der Waals surface area contributed by atoms with Gasteiger partial charge in [0.1, 0.15) is 16.8 Å². The molecule has 4 heteroatoms. The van der Waals surface area contributed by atoms with Crippen molar-refractivity contribution in [3.8, 4) is 17.1 Å². The van der Waals surface area contributed by atoms with Crippen LogP contribution in [0.2, 0.25) is 0 Å². The smallest absolute Gasteiger partial charge is 0.299 e. The molecular weight excluding hydrogens is 418 g/mol. The molecular formula is C30H34N3O+. The van der Waals surface area contributed by atoms with E-state index in [4.69, 9.17) is 9.40 Å². The third-order valence-electron chi connectivity index (χ3n) is 6.64. The van der Waals surface area contributed by atoms with Gasteiger partial charge in [-0.15, -0.1) is 0 Å². The van der Waals surface area contributed by atoms with Crippen LogP contribution in [0.3, 0.4) is 0 Å². The van der Waals surface area contributed by atoms with Crippen LogP contribution in [0.1, 0.15) is 58.6 Å². The number of benzene rings is 3. The van der Waals surface area contributed by atoms with Crippen molar-refractivity contribution in [2.45, 2.75) is 59.3 Å². The highest BCUT2D eigenvalue weighted by Gasteiger charge is 2.31. The molecule has 34 heavy (non-hydrogen) atoms. The first-order valence-corrected chi connectivity index (χ1v) is 12.0. The first kappa shape index (κ1) is 22.4. The Morgan fingerprint density at radius 1 is 0.824 bits per heavy atom. The van der Waals surface area contributed by atoms with Crippen molar-refractivity contribution in [1.29, 1.82) is 0 Å². The van der Waals surface area contributed by atoms with Crippen LogP contribution in [0, 0.1) is 6.92 Å². The zero-order valence-corrected chi connectivity index (χ0v) is 21.5. The van der Waals surface area contributed by atoms with Crippen LogP contribution in [0.5, 0.6) is 0 Å². The fraction of sp³-hybridized carbons (Fsp3) is 0.333. The molecule has 0 bridgehead atoms. The van der Waals surface area contributed by atoms with Gasteiger partial charge in [0, 0.05) is 5.41 Å². The summed E-state index contributed by atoms with van der Waals surface area (Å²) in [5.41, 5.74) is 8.71. The lowest BCUT2D eigenvalue weighted by molar-refractivity contribution is -0.633. The van der Waals surface area contributed by atoms with Gasteiger partial charge in [0.15, 0.2) is 16.6 Å². The van der Waals surface area contributed by atoms with Gasteiger partial charge >= 0.3 is 0 Å². The van der Waals surface area contributed by atoms with Crippen LogP contribution in [0.25, 0.3) is 39.2 Å². The molecule has 0 aliphatic rings. The van der Waals surface area contributed by atoms with Crippen LogP contribution in [-0.2, 0) is 17.9 Å². The number of nitrogens with zero attached hydrogens (tertiary/aromatic N) is 3. The summed E-state index contributed by atoms with van der Waals surface area (Å²) in [6, 6.07) is 21.7. The number of aryl methyl sites for hydroxylation is 2. The van der Waals surface area contributed by atoms with E-state index in [2.05, 4.69) is 125 Å². The van der Waals surface area contributed by atoms with Gasteiger partial charge in [-0.05, 0) is 53.8 Å². The maximum Gasteiger partial charge on any atom is 0.299 e. The minimum Gasteiger partial charge on any atom is -0.439 e. The van der Waals surface area contributed by atoms with Gasteiger partial charge in [-0.2, -0.15) is 4.57 Å².